The van der Waals surface area contributed by atoms with Gasteiger partial charge in [-0.2, -0.15) is 21.0 Å². The Bertz CT molecular complexity index is 702. The second-order valence-corrected chi connectivity index (χ2v) is 2.92. The second kappa shape index (κ2) is 4.91. The summed E-state index contributed by atoms with van der Waals surface area (Å²) in [5, 5.41) is 52.3. The number of nitriles is 4. The van der Waals surface area contributed by atoms with Gasteiger partial charge in [-0.15, -0.1) is 0 Å². The van der Waals surface area contributed by atoms with Crippen LogP contribution in [-0.4, -0.2) is 11.7 Å². The highest BCUT2D eigenvalue weighted by molar-refractivity contribution is 5.96. The van der Waals surface area contributed by atoms with Gasteiger partial charge in [0.2, 0.25) is 0 Å². The molecule has 0 heterocycles. The lowest BCUT2D eigenvalue weighted by atomic mass is 10.1. The van der Waals surface area contributed by atoms with Gasteiger partial charge in [-0.25, -0.2) is 11.7 Å². The Balaban J connectivity index is 3.60. The van der Waals surface area contributed by atoms with Gasteiger partial charge in [-0.1, -0.05) is 0 Å². The molecule has 0 spiro atoms. The zero-order valence-corrected chi connectivity index (χ0v) is 8.68. The molecular formula is C12N6-2. The van der Waals surface area contributed by atoms with Gasteiger partial charge < -0.3 is 10.8 Å². The first-order valence-electron chi connectivity index (χ1n) is 4.34. The Labute approximate surface area is 102 Å². The topological polar surface area (TPSA) is 140 Å². The fraction of sp³-hybridized carbons (Fsp3) is 0. The van der Waals surface area contributed by atoms with Crippen LogP contribution < -0.4 is 0 Å². The van der Waals surface area contributed by atoms with E-state index in [0.717, 1.165) is 0 Å². The van der Waals surface area contributed by atoms with Crippen LogP contribution in [0.2, 0.25) is 0 Å². The number of nitrogens with zero attached hydrogens (tertiary/aromatic N) is 6. The third kappa shape index (κ3) is 1.72. The molecule has 0 saturated heterocycles. The van der Waals surface area contributed by atoms with Crippen molar-refractivity contribution in [3.8, 4) is 24.3 Å². The first-order chi connectivity index (χ1) is 8.69. The van der Waals surface area contributed by atoms with E-state index in [4.69, 9.17) is 31.9 Å². The molecule has 0 aromatic carbocycles. The number of hydrogen-bond acceptors (Lipinski definition) is 4. The van der Waals surface area contributed by atoms with Crippen molar-refractivity contribution in [2.75, 3.05) is 0 Å². The van der Waals surface area contributed by atoms with Gasteiger partial charge in [-0.05, 0) is 0 Å². The Kier molecular flexibility index (Phi) is 3.39. The van der Waals surface area contributed by atoms with E-state index < -0.39 is 0 Å². The SMILES string of the molecule is N#CC(=C=[N-])C1=C(C(=C=[N-])C#N)C1=C(C#N)C#N. The van der Waals surface area contributed by atoms with Crippen molar-refractivity contribution in [3.63, 3.8) is 0 Å². The van der Waals surface area contributed by atoms with Crippen LogP contribution in [0.25, 0.3) is 10.8 Å². The minimum Gasteiger partial charge on any atom is -0.762 e. The normalized spacial score (nSPS) is 10.8. The third-order valence-electron chi connectivity index (χ3n) is 2.11. The quantitative estimate of drug-likeness (QED) is 0.513. The maximum Gasteiger partial charge on any atom is 0.138 e. The molecule has 0 unspecified atom stereocenters. The Morgan fingerprint density at radius 3 is 1.33 bits per heavy atom. The van der Waals surface area contributed by atoms with E-state index in [2.05, 4.69) is 0 Å². The highest BCUT2D eigenvalue weighted by atomic mass is 14.4. The van der Waals surface area contributed by atoms with E-state index in [9.17, 15) is 0 Å². The molecule has 6 nitrogen and oxygen atoms in total. The fourth-order valence-electron chi connectivity index (χ4n) is 1.35. The Hall–Kier alpha value is -3.66. The summed E-state index contributed by atoms with van der Waals surface area (Å²) in [5.74, 6) is 3.18. The molecule has 0 radical (unpaired) electrons. The summed E-state index contributed by atoms with van der Waals surface area (Å²) in [6, 6.07) is 6.37. The van der Waals surface area contributed by atoms with Crippen LogP contribution >= 0.6 is 0 Å². The average Bonchev–Trinajstić information content (AvgIpc) is 3.10. The van der Waals surface area contributed by atoms with Crippen molar-refractivity contribution in [2.24, 2.45) is 0 Å². The second-order valence-electron chi connectivity index (χ2n) is 2.92. The average molecular weight is 228 g/mol. The molecule has 0 aromatic rings. The molecule has 0 saturated carbocycles. The lowest BCUT2D eigenvalue weighted by Gasteiger charge is -1.86. The van der Waals surface area contributed by atoms with Gasteiger partial charge in [-0.3, -0.25) is 0 Å². The molecular weight excluding hydrogens is 228 g/mol. The van der Waals surface area contributed by atoms with Crippen LogP contribution in [0.1, 0.15) is 0 Å². The molecule has 0 amide bonds. The van der Waals surface area contributed by atoms with Gasteiger partial charge >= 0.3 is 0 Å². The van der Waals surface area contributed by atoms with E-state index in [0.29, 0.717) is 0 Å². The first kappa shape index (κ1) is 12.4. The minimum atomic E-state index is -0.328. The van der Waals surface area contributed by atoms with Crippen LogP contribution in [0.4, 0.5) is 0 Å². The fourth-order valence-corrected chi connectivity index (χ4v) is 1.35. The summed E-state index contributed by atoms with van der Waals surface area (Å²) < 4.78 is 0. The van der Waals surface area contributed by atoms with E-state index in [1.807, 2.05) is 0 Å². The summed E-state index contributed by atoms with van der Waals surface area (Å²) in [7, 11) is 0. The van der Waals surface area contributed by atoms with Crippen molar-refractivity contribution < 1.29 is 0 Å². The lowest BCUT2D eigenvalue weighted by Crippen LogP contribution is -1.80. The van der Waals surface area contributed by atoms with Crippen LogP contribution in [0.15, 0.2) is 33.4 Å². The Morgan fingerprint density at radius 2 is 1.11 bits per heavy atom. The number of allylic oxidation sites excluding steroid dienone is 6. The first-order valence-corrected chi connectivity index (χ1v) is 4.34. The molecule has 18 heavy (non-hydrogen) atoms. The van der Waals surface area contributed by atoms with Gasteiger partial charge in [0.25, 0.3) is 0 Å². The summed E-state index contributed by atoms with van der Waals surface area (Å²) in [5.41, 5.74) is -0.869. The molecule has 1 aliphatic carbocycles. The molecule has 0 aromatic heterocycles. The molecule has 0 fully saturated rings. The van der Waals surface area contributed by atoms with E-state index >= 15 is 0 Å². The summed E-state index contributed by atoms with van der Waals surface area (Å²) in [4.78, 5) is 0. The molecule has 1 aliphatic rings. The van der Waals surface area contributed by atoms with E-state index in [1.54, 1.807) is 36.0 Å². The Morgan fingerprint density at radius 1 is 0.722 bits per heavy atom. The summed E-state index contributed by atoms with van der Waals surface area (Å²) in [6.07, 6.45) is 0. The van der Waals surface area contributed by atoms with Gasteiger partial charge in [0.15, 0.2) is 0 Å². The van der Waals surface area contributed by atoms with Gasteiger partial charge in [0.1, 0.15) is 29.8 Å². The highest BCUT2D eigenvalue weighted by Crippen LogP contribution is 2.48. The van der Waals surface area contributed by atoms with Crippen LogP contribution in [0.5, 0.6) is 0 Å². The summed E-state index contributed by atoms with van der Waals surface area (Å²) in [6.45, 7) is 0. The van der Waals surface area contributed by atoms with Gasteiger partial charge in [0.05, 0.1) is 11.1 Å². The maximum atomic E-state index is 8.72. The van der Waals surface area contributed by atoms with E-state index in [-0.39, 0.29) is 33.4 Å². The predicted octanol–water partition coefficient (Wildman–Crippen LogP) is 1.02. The zero-order valence-electron chi connectivity index (χ0n) is 8.68. The standard InChI is InChI=1S/C12N6/c13-1-7(2-14)10-11(8(3-15)4-16)12(10)9(5-17)6-18/q-2. The van der Waals surface area contributed by atoms with Crippen molar-refractivity contribution in [1.82, 2.24) is 0 Å². The molecule has 0 bridgehead atoms. The summed E-state index contributed by atoms with van der Waals surface area (Å²) >= 11 is 0. The predicted molar refractivity (Wildman–Crippen MR) is 60.3 cm³/mol. The minimum absolute atomic E-state index is 0.0381. The monoisotopic (exact) mass is 228 g/mol. The van der Waals surface area contributed by atoms with Crippen molar-refractivity contribution in [1.29, 1.82) is 21.0 Å². The molecule has 6 heteroatoms. The highest BCUT2D eigenvalue weighted by Gasteiger charge is 2.37. The molecule has 0 N–H and O–H groups in total. The lowest BCUT2D eigenvalue weighted by molar-refractivity contribution is 1.44. The molecule has 0 aliphatic heterocycles. The molecule has 0 atom stereocenters. The van der Waals surface area contributed by atoms with Crippen molar-refractivity contribution in [2.45, 2.75) is 0 Å². The molecule has 80 valence electrons. The van der Waals surface area contributed by atoms with Crippen LogP contribution in [0, 0.1) is 45.3 Å². The number of hydrogen-bond donors (Lipinski definition) is 0. The van der Waals surface area contributed by atoms with Crippen molar-refractivity contribution >= 4 is 11.7 Å². The zero-order chi connectivity index (χ0) is 13.7. The number of rotatable bonds is 2. The smallest absolute Gasteiger partial charge is 0.138 e. The van der Waals surface area contributed by atoms with Gasteiger partial charge in [0, 0.05) is 16.7 Å². The largest absolute Gasteiger partial charge is 0.762 e. The van der Waals surface area contributed by atoms with Crippen LogP contribution in [-0.2, 0) is 0 Å². The maximum absolute atomic E-state index is 8.72. The van der Waals surface area contributed by atoms with Crippen LogP contribution in [0.3, 0.4) is 0 Å². The molecule has 1 rings (SSSR count). The third-order valence-corrected chi connectivity index (χ3v) is 2.11. The van der Waals surface area contributed by atoms with Crippen molar-refractivity contribution in [3.05, 3.63) is 44.3 Å². The van der Waals surface area contributed by atoms with E-state index in [1.165, 1.54) is 0 Å².